The molecule has 0 aliphatic rings. The third-order valence-electron chi connectivity index (χ3n) is 3.44. The summed E-state index contributed by atoms with van der Waals surface area (Å²) in [6.07, 6.45) is 0. The van der Waals surface area contributed by atoms with Crippen LogP contribution in [0.1, 0.15) is 16.7 Å². The lowest BCUT2D eigenvalue weighted by Gasteiger charge is -2.05. The average Bonchev–Trinajstić information content (AvgIpc) is 2.64. The van der Waals surface area contributed by atoms with Crippen LogP contribution in [0, 0.1) is 27.3 Å². The van der Waals surface area contributed by atoms with Crippen LogP contribution in [0.15, 0.2) is 83.8 Å². The van der Waals surface area contributed by atoms with E-state index in [0.717, 1.165) is 11.1 Å². The minimum absolute atomic E-state index is 0.168. The van der Waals surface area contributed by atoms with E-state index in [4.69, 9.17) is 0 Å². The lowest BCUT2D eigenvalue weighted by Crippen LogP contribution is -3.59. The van der Waals surface area contributed by atoms with Gasteiger partial charge in [0.1, 0.15) is 10.1 Å². The van der Waals surface area contributed by atoms with Gasteiger partial charge in [0.05, 0.1) is 4.90 Å². The third-order valence-corrected chi connectivity index (χ3v) is 6.17. The Morgan fingerprint density at radius 1 is 0.778 bits per heavy atom. The Kier molecular flexibility index (Phi) is 8.04. The molecule has 27 heavy (non-hydrogen) atoms. The molecule has 0 bridgehead atoms. The van der Waals surface area contributed by atoms with Crippen LogP contribution in [-0.2, 0) is 10.1 Å². The molecule has 138 valence electrons. The highest BCUT2D eigenvalue weighted by Crippen LogP contribution is 2.08. The van der Waals surface area contributed by atoms with Crippen LogP contribution in [0.2, 0.25) is 0 Å². The standard InChI is InChI=1S/C15H12I.C7H8O3S/c1-13-7-9-14(10-8-13)11-12-16-15-5-3-2-4-6-15;1-6-2-4-7(5-3-6)11(8,9)10/h2-10H,1H3;2-5H,1H3,(H,8,9,10)/q+1;/p-1. The van der Waals surface area contributed by atoms with Gasteiger partial charge in [-0.05, 0) is 56.2 Å². The van der Waals surface area contributed by atoms with Crippen LogP contribution >= 0.6 is 0 Å². The Hall–Kier alpha value is -2.14. The summed E-state index contributed by atoms with van der Waals surface area (Å²) in [6.45, 7) is 3.91. The summed E-state index contributed by atoms with van der Waals surface area (Å²) >= 11 is -0.168. The van der Waals surface area contributed by atoms with Gasteiger partial charge >= 0.3 is 21.2 Å². The zero-order valence-corrected chi connectivity index (χ0v) is 18.0. The first-order valence-corrected chi connectivity index (χ1v) is 11.7. The molecule has 0 spiro atoms. The van der Waals surface area contributed by atoms with Gasteiger partial charge in [-0.15, -0.1) is 0 Å². The van der Waals surface area contributed by atoms with Crippen molar-refractivity contribution < 1.29 is 34.2 Å². The van der Waals surface area contributed by atoms with Gasteiger partial charge in [0, 0.05) is 5.56 Å². The quantitative estimate of drug-likeness (QED) is 0.308. The highest BCUT2D eigenvalue weighted by Gasteiger charge is 2.05. The summed E-state index contributed by atoms with van der Waals surface area (Å²) in [5.74, 6) is 3.22. The maximum atomic E-state index is 10.4. The van der Waals surface area contributed by atoms with Crippen molar-refractivity contribution in [1.29, 1.82) is 0 Å². The molecule has 0 unspecified atom stereocenters. The molecule has 3 nitrogen and oxygen atoms in total. The Morgan fingerprint density at radius 2 is 1.30 bits per heavy atom. The zero-order chi connectivity index (χ0) is 19.7. The molecule has 0 N–H and O–H groups in total. The van der Waals surface area contributed by atoms with Crippen molar-refractivity contribution in [1.82, 2.24) is 0 Å². The third kappa shape index (κ3) is 7.95. The molecule has 0 fully saturated rings. The van der Waals surface area contributed by atoms with Crippen LogP contribution in [0.4, 0.5) is 0 Å². The van der Waals surface area contributed by atoms with Gasteiger partial charge in [-0.1, -0.05) is 53.6 Å². The van der Waals surface area contributed by atoms with Crippen molar-refractivity contribution in [3.05, 3.63) is 99.1 Å². The summed E-state index contributed by atoms with van der Waals surface area (Å²) < 4.78 is 35.8. The number of hydrogen-bond acceptors (Lipinski definition) is 3. The normalized spacial score (nSPS) is 10.2. The predicted octanol–water partition coefficient (Wildman–Crippen LogP) is 1.16. The topological polar surface area (TPSA) is 57.2 Å². The lowest BCUT2D eigenvalue weighted by molar-refractivity contribution is -0.535. The smallest absolute Gasteiger partial charge is 0.420 e. The fourth-order valence-corrected chi connectivity index (χ4v) is 3.95. The van der Waals surface area contributed by atoms with Gasteiger partial charge in [-0.3, -0.25) is 0 Å². The van der Waals surface area contributed by atoms with E-state index in [0.29, 0.717) is 0 Å². The first-order chi connectivity index (χ1) is 12.8. The van der Waals surface area contributed by atoms with Crippen molar-refractivity contribution in [3.8, 4) is 9.85 Å². The van der Waals surface area contributed by atoms with Crippen LogP contribution in [0.25, 0.3) is 0 Å². The number of aryl methyl sites for hydroxylation is 2. The van der Waals surface area contributed by atoms with E-state index in [-0.39, 0.29) is 26.1 Å². The van der Waals surface area contributed by atoms with E-state index in [9.17, 15) is 13.0 Å². The predicted molar refractivity (Wildman–Crippen MR) is 102 cm³/mol. The minimum atomic E-state index is -4.27. The second kappa shape index (κ2) is 10.3. The maximum Gasteiger partial charge on any atom is 0.420 e. The molecule has 5 heteroatoms. The Morgan fingerprint density at radius 3 is 1.81 bits per heavy atom. The first kappa shape index (κ1) is 21.2. The summed E-state index contributed by atoms with van der Waals surface area (Å²) in [7, 11) is -4.27. The fourth-order valence-electron chi connectivity index (χ4n) is 1.95. The molecule has 0 saturated carbocycles. The van der Waals surface area contributed by atoms with E-state index >= 15 is 0 Å². The molecule has 0 atom stereocenters. The Labute approximate surface area is 171 Å². The first-order valence-electron chi connectivity index (χ1n) is 8.14. The summed E-state index contributed by atoms with van der Waals surface area (Å²) in [5, 5.41) is 0. The second-order valence-corrected chi connectivity index (χ2v) is 9.45. The van der Waals surface area contributed by atoms with Crippen LogP contribution in [0.3, 0.4) is 0 Å². The van der Waals surface area contributed by atoms with Crippen LogP contribution < -0.4 is 21.2 Å². The molecule has 0 saturated heterocycles. The van der Waals surface area contributed by atoms with E-state index in [2.05, 4.69) is 65.3 Å². The highest BCUT2D eigenvalue weighted by molar-refractivity contribution is 7.85. The summed E-state index contributed by atoms with van der Waals surface area (Å²) in [5.41, 5.74) is 3.32. The molecule has 3 rings (SSSR count). The molecule has 3 aromatic rings. The van der Waals surface area contributed by atoms with Gasteiger partial charge < -0.3 is 4.55 Å². The van der Waals surface area contributed by atoms with E-state index < -0.39 is 10.1 Å². The number of hydrogen-bond donors (Lipinski definition) is 0. The summed E-state index contributed by atoms with van der Waals surface area (Å²) in [4.78, 5) is -0.178. The SMILES string of the molecule is Cc1ccc(C#C[I+]c2ccccc2)cc1.Cc1ccc(S(=O)(=O)[O-])cc1. The summed E-state index contributed by atoms with van der Waals surface area (Å²) in [6, 6.07) is 24.6. The molecular formula is C22H19IO3S. The van der Waals surface area contributed by atoms with Gasteiger partial charge in [0.2, 0.25) is 3.57 Å². The van der Waals surface area contributed by atoms with E-state index in [1.54, 1.807) is 12.1 Å². The monoisotopic (exact) mass is 490 g/mol. The van der Waals surface area contributed by atoms with Crippen LogP contribution in [0.5, 0.6) is 0 Å². The van der Waals surface area contributed by atoms with Gasteiger partial charge in [0.15, 0.2) is 3.93 Å². The van der Waals surface area contributed by atoms with Gasteiger partial charge in [-0.25, -0.2) is 8.42 Å². The molecule has 0 aliphatic carbocycles. The molecule has 0 radical (unpaired) electrons. The highest BCUT2D eigenvalue weighted by atomic mass is 127. The van der Waals surface area contributed by atoms with Crippen molar-refractivity contribution >= 4 is 10.1 Å². The van der Waals surface area contributed by atoms with Crippen LogP contribution in [-0.4, -0.2) is 13.0 Å². The largest absolute Gasteiger partial charge is 0.744 e. The van der Waals surface area contributed by atoms with Gasteiger partial charge in [0.25, 0.3) is 0 Å². The molecular weight excluding hydrogens is 471 g/mol. The Bertz CT molecular complexity index is 1010. The number of benzene rings is 3. The lowest BCUT2D eigenvalue weighted by atomic mass is 10.2. The van der Waals surface area contributed by atoms with Crippen molar-refractivity contribution in [2.24, 2.45) is 0 Å². The molecule has 0 amide bonds. The fraction of sp³-hybridized carbons (Fsp3) is 0.0909. The van der Waals surface area contributed by atoms with Crippen molar-refractivity contribution in [2.45, 2.75) is 18.7 Å². The van der Waals surface area contributed by atoms with E-state index in [1.165, 1.54) is 21.3 Å². The maximum absolute atomic E-state index is 10.4. The molecule has 0 heterocycles. The number of rotatable bonds is 2. The van der Waals surface area contributed by atoms with Crippen molar-refractivity contribution in [2.75, 3.05) is 0 Å². The van der Waals surface area contributed by atoms with Crippen molar-refractivity contribution in [3.63, 3.8) is 0 Å². The van der Waals surface area contributed by atoms with Gasteiger partial charge in [-0.2, -0.15) is 0 Å². The second-order valence-electron chi connectivity index (χ2n) is 5.74. The molecule has 0 aromatic heterocycles. The van der Waals surface area contributed by atoms with E-state index in [1.807, 2.05) is 13.0 Å². The zero-order valence-electron chi connectivity index (χ0n) is 15.0. The average molecular weight is 490 g/mol. The molecule has 3 aromatic carbocycles. The number of halogens is 1. The Balaban J connectivity index is 0.000000208. The minimum Gasteiger partial charge on any atom is -0.744 e. The molecule has 0 aliphatic heterocycles.